The Morgan fingerprint density at radius 1 is 1.45 bits per heavy atom. The number of guanidine groups is 1. The van der Waals surface area contributed by atoms with E-state index in [1.54, 1.807) is 18.4 Å². The van der Waals surface area contributed by atoms with Gasteiger partial charge in [-0.3, -0.25) is 9.79 Å². The first-order valence-electron chi connectivity index (χ1n) is 6.58. The third-order valence-corrected chi connectivity index (χ3v) is 3.54. The lowest BCUT2D eigenvalue weighted by atomic mass is 10.2. The average Bonchev–Trinajstić information content (AvgIpc) is 2.87. The molecule has 0 aliphatic rings. The molecule has 20 heavy (non-hydrogen) atoms. The maximum Gasteiger partial charge on any atom is 0.305 e. The predicted octanol–water partition coefficient (Wildman–Crippen LogP) is 1.46. The van der Waals surface area contributed by atoms with Crippen molar-refractivity contribution in [1.29, 1.82) is 0 Å². The van der Waals surface area contributed by atoms with E-state index < -0.39 is 0 Å². The third-order valence-electron chi connectivity index (χ3n) is 2.63. The molecule has 1 heterocycles. The number of unbranched alkanes of at least 4 members (excludes halogenated alkanes) is 1. The first kappa shape index (κ1) is 16.4. The van der Waals surface area contributed by atoms with E-state index in [-0.39, 0.29) is 5.97 Å². The summed E-state index contributed by atoms with van der Waals surface area (Å²) in [7, 11) is 3.14. The van der Waals surface area contributed by atoms with Crippen molar-refractivity contribution in [3.8, 4) is 0 Å². The number of hydrogen-bond acceptors (Lipinski definition) is 5. The van der Waals surface area contributed by atoms with Crippen LogP contribution in [0.2, 0.25) is 0 Å². The number of nitrogens with zero attached hydrogens (tertiary/aromatic N) is 2. The first-order chi connectivity index (χ1) is 9.65. The van der Waals surface area contributed by atoms with Gasteiger partial charge in [-0.15, -0.1) is 11.3 Å². The highest BCUT2D eigenvalue weighted by molar-refractivity contribution is 7.11. The van der Waals surface area contributed by atoms with Crippen molar-refractivity contribution in [3.63, 3.8) is 0 Å². The van der Waals surface area contributed by atoms with Gasteiger partial charge in [-0.2, -0.15) is 0 Å². The van der Waals surface area contributed by atoms with Gasteiger partial charge in [-0.25, -0.2) is 4.98 Å². The Kier molecular flexibility index (Phi) is 7.64. The summed E-state index contributed by atoms with van der Waals surface area (Å²) in [6.45, 7) is 3.48. The fraction of sp³-hybridized carbons (Fsp3) is 0.615. The van der Waals surface area contributed by atoms with Crippen LogP contribution in [0.3, 0.4) is 0 Å². The summed E-state index contributed by atoms with van der Waals surface area (Å²) in [4.78, 5) is 20.6. The number of rotatable bonds is 7. The topological polar surface area (TPSA) is 75.6 Å². The summed E-state index contributed by atoms with van der Waals surface area (Å²) in [5.41, 5.74) is 0. The van der Waals surface area contributed by atoms with Crippen molar-refractivity contribution in [1.82, 2.24) is 15.6 Å². The molecule has 0 fully saturated rings. The van der Waals surface area contributed by atoms with Gasteiger partial charge in [0.2, 0.25) is 0 Å². The van der Waals surface area contributed by atoms with E-state index in [0.29, 0.717) is 13.0 Å². The van der Waals surface area contributed by atoms with Crippen LogP contribution in [-0.2, 0) is 16.1 Å². The minimum Gasteiger partial charge on any atom is -0.469 e. The fourth-order valence-electron chi connectivity index (χ4n) is 1.57. The second kappa shape index (κ2) is 9.30. The van der Waals surface area contributed by atoms with Gasteiger partial charge in [0, 0.05) is 31.1 Å². The average molecular weight is 298 g/mol. The summed E-state index contributed by atoms with van der Waals surface area (Å²) >= 11 is 1.67. The number of carbonyl (C=O) groups excluding carboxylic acids is 1. The van der Waals surface area contributed by atoms with Gasteiger partial charge < -0.3 is 15.4 Å². The molecule has 6 nitrogen and oxygen atoms in total. The number of ether oxygens (including phenoxy) is 1. The Labute approximate surface area is 123 Å². The standard InChI is InChI=1S/C13H22N4O2S/c1-10-8-16-11(20-10)9-17-13(14-2)15-7-5-4-6-12(18)19-3/h8H,4-7,9H2,1-3H3,(H2,14,15,17). The highest BCUT2D eigenvalue weighted by atomic mass is 32.1. The maximum atomic E-state index is 10.9. The molecule has 0 aliphatic heterocycles. The molecule has 0 saturated heterocycles. The van der Waals surface area contributed by atoms with E-state index in [9.17, 15) is 4.79 Å². The van der Waals surface area contributed by atoms with Crippen LogP contribution in [-0.4, -0.2) is 37.6 Å². The molecule has 0 atom stereocenters. The van der Waals surface area contributed by atoms with Crippen molar-refractivity contribution in [2.45, 2.75) is 32.7 Å². The van der Waals surface area contributed by atoms with Gasteiger partial charge in [-0.1, -0.05) is 0 Å². The van der Waals surface area contributed by atoms with Crippen molar-refractivity contribution in [2.24, 2.45) is 4.99 Å². The maximum absolute atomic E-state index is 10.9. The predicted molar refractivity (Wildman–Crippen MR) is 80.9 cm³/mol. The van der Waals surface area contributed by atoms with Crippen LogP contribution < -0.4 is 10.6 Å². The van der Waals surface area contributed by atoms with Gasteiger partial charge >= 0.3 is 5.97 Å². The number of aromatic nitrogens is 1. The molecule has 112 valence electrons. The van der Waals surface area contributed by atoms with E-state index in [4.69, 9.17) is 0 Å². The molecule has 0 unspecified atom stereocenters. The lowest BCUT2D eigenvalue weighted by Gasteiger charge is -2.10. The lowest BCUT2D eigenvalue weighted by Crippen LogP contribution is -2.37. The minimum absolute atomic E-state index is 0.161. The summed E-state index contributed by atoms with van der Waals surface area (Å²) in [5.74, 6) is 0.586. The minimum atomic E-state index is -0.161. The number of hydrogen-bond donors (Lipinski definition) is 2. The molecule has 0 aromatic carbocycles. The Morgan fingerprint density at radius 2 is 2.25 bits per heavy atom. The van der Waals surface area contributed by atoms with Gasteiger partial charge in [0.15, 0.2) is 5.96 Å². The van der Waals surface area contributed by atoms with Gasteiger partial charge in [0.25, 0.3) is 0 Å². The highest BCUT2D eigenvalue weighted by Gasteiger charge is 2.02. The van der Waals surface area contributed by atoms with E-state index in [0.717, 1.165) is 30.4 Å². The fourth-order valence-corrected chi connectivity index (χ4v) is 2.29. The molecular weight excluding hydrogens is 276 g/mol. The molecule has 0 saturated carbocycles. The number of aryl methyl sites for hydroxylation is 1. The van der Waals surface area contributed by atoms with Crippen molar-refractivity contribution in [2.75, 3.05) is 20.7 Å². The Hall–Kier alpha value is -1.63. The second-order valence-electron chi connectivity index (χ2n) is 4.25. The molecule has 0 radical (unpaired) electrons. The summed E-state index contributed by atoms with van der Waals surface area (Å²) in [5, 5.41) is 7.44. The van der Waals surface area contributed by atoms with Crippen LogP contribution in [0.15, 0.2) is 11.2 Å². The normalized spacial score (nSPS) is 11.2. The molecule has 2 N–H and O–H groups in total. The first-order valence-corrected chi connectivity index (χ1v) is 7.40. The van der Waals surface area contributed by atoms with Crippen LogP contribution in [0, 0.1) is 6.92 Å². The quantitative estimate of drug-likeness (QED) is 0.345. The number of methoxy groups -OCH3 is 1. The van der Waals surface area contributed by atoms with E-state index in [1.165, 1.54) is 12.0 Å². The zero-order valence-corrected chi connectivity index (χ0v) is 13.0. The number of nitrogens with one attached hydrogen (secondary N) is 2. The molecular formula is C13H22N4O2S. The van der Waals surface area contributed by atoms with Gasteiger partial charge in [-0.05, 0) is 19.8 Å². The molecule has 7 heteroatoms. The molecule has 1 rings (SSSR count). The zero-order chi connectivity index (χ0) is 14.8. The number of thiazole rings is 1. The van der Waals surface area contributed by atoms with E-state index in [1.807, 2.05) is 13.1 Å². The van der Waals surface area contributed by atoms with Crippen molar-refractivity contribution in [3.05, 3.63) is 16.1 Å². The Morgan fingerprint density at radius 3 is 2.85 bits per heavy atom. The Balaban J connectivity index is 2.15. The highest BCUT2D eigenvalue weighted by Crippen LogP contribution is 2.10. The monoisotopic (exact) mass is 298 g/mol. The van der Waals surface area contributed by atoms with Crippen LogP contribution >= 0.6 is 11.3 Å². The van der Waals surface area contributed by atoms with Gasteiger partial charge in [0.1, 0.15) is 5.01 Å². The Bertz CT molecular complexity index is 445. The number of carbonyl (C=O) groups is 1. The number of aliphatic imine (C=N–C) groups is 1. The third kappa shape index (κ3) is 6.51. The van der Waals surface area contributed by atoms with Crippen LogP contribution in [0.25, 0.3) is 0 Å². The SMILES string of the molecule is CN=C(NCCCCC(=O)OC)NCc1ncc(C)s1. The van der Waals surface area contributed by atoms with Crippen LogP contribution in [0.5, 0.6) is 0 Å². The van der Waals surface area contributed by atoms with Crippen molar-refractivity contribution < 1.29 is 9.53 Å². The lowest BCUT2D eigenvalue weighted by molar-refractivity contribution is -0.140. The van der Waals surface area contributed by atoms with Crippen molar-refractivity contribution >= 4 is 23.3 Å². The molecule has 0 bridgehead atoms. The summed E-state index contributed by atoms with van der Waals surface area (Å²) in [6.07, 6.45) is 4.03. The van der Waals surface area contributed by atoms with E-state index in [2.05, 4.69) is 25.3 Å². The molecule has 0 aliphatic carbocycles. The molecule has 1 aromatic heterocycles. The van der Waals surface area contributed by atoms with Crippen LogP contribution in [0.1, 0.15) is 29.1 Å². The molecule has 0 amide bonds. The van der Waals surface area contributed by atoms with Crippen LogP contribution in [0.4, 0.5) is 0 Å². The molecule has 0 spiro atoms. The van der Waals surface area contributed by atoms with E-state index >= 15 is 0 Å². The summed E-state index contributed by atoms with van der Waals surface area (Å²) in [6, 6.07) is 0. The smallest absolute Gasteiger partial charge is 0.305 e. The second-order valence-corrected chi connectivity index (χ2v) is 5.57. The number of esters is 1. The van der Waals surface area contributed by atoms with Gasteiger partial charge in [0.05, 0.1) is 13.7 Å². The zero-order valence-electron chi connectivity index (χ0n) is 12.2. The molecule has 1 aromatic rings. The largest absolute Gasteiger partial charge is 0.469 e. The summed E-state index contributed by atoms with van der Waals surface area (Å²) < 4.78 is 4.59.